The lowest BCUT2D eigenvalue weighted by molar-refractivity contribution is 0.0787. The molecule has 1 amide bonds. The number of amides is 1. The highest BCUT2D eigenvalue weighted by Gasteiger charge is 2.29. The Balaban J connectivity index is 1.48. The number of rotatable bonds is 3. The second kappa shape index (κ2) is 6.83. The standard InChI is InChI=1S/C20H21N5O2/c1-13-9-14(2)25(23-13)17-7-8-24(12-17)20(27)16-5-3-15(4-6-16)18-10-21-11-19(26)22-18/h3-6,9-11,17H,7-8,12H2,1-2H3,(H,22,26)/t17-/m0/s1. The van der Waals surface area contributed by atoms with E-state index in [9.17, 15) is 9.59 Å². The maximum atomic E-state index is 12.8. The van der Waals surface area contributed by atoms with Crippen LogP contribution < -0.4 is 5.56 Å². The number of nitrogens with one attached hydrogen (secondary N) is 1. The van der Waals surface area contributed by atoms with Crippen LogP contribution in [0, 0.1) is 13.8 Å². The molecule has 3 aromatic rings. The molecule has 0 bridgehead atoms. The smallest absolute Gasteiger partial charge is 0.266 e. The van der Waals surface area contributed by atoms with Crippen molar-refractivity contribution in [3.63, 3.8) is 0 Å². The molecule has 1 aliphatic heterocycles. The van der Waals surface area contributed by atoms with Gasteiger partial charge < -0.3 is 9.88 Å². The first-order valence-electron chi connectivity index (χ1n) is 8.98. The molecule has 1 fully saturated rings. The predicted octanol–water partition coefficient (Wildman–Crippen LogP) is 2.34. The van der Waals surface area contributed by atoms with Crippen LogP contribution in [0.5, 0.6) is 0 Å². The van der Waals surface area contributed by atoms with E-state index >= 15 is 0 Å². The van der Waals surface area contributed by atoms with Crippen molar-refractivity contribution in [3.05, 3.63) is 70.0 Å². The molecule has 0 spiro atoms. The van der Waals surface area contributed by atoms with Crippen LogP contribution in [0.4, 0.5) is 0 Å². The van der Waals surface area contributed by atoms with Gasteiger partial charge in [-0.3, -0.25) is 19.3 Å². The number of H-pyrrole nitrogens is 1. The van der Waals surface area contributed by atoms with Gasteiger partial charge in [0, 0.05) is 24.3 Å². The van der Waals surface area contributed by atoms with Gasteiger partial charge in [0.1, 0.15) is 0 Å². The summed E-state index contributed by atoms with van der Waals surface area (Å²) < 4.78 is 2.03. The highest BCUT2D eigenvalue weighted by Crippen LogP contribution is 2.25. The van der Waals surface area contributed by atoms with Gasteiger partial charge in [-0.25, -0.2) is 0 Å². The molecule has 1 aliphatic rings. The molecule has 1 N–H and O–H groups in total. The zero-order valence-corrected chi connectivity index (χ0v) is 15.3. The topological polar surface area (TPSA) is 83.9 Å². The summed E-state index contributed by atoms with van der Waals surface area (Å²) in [6.07, 6.45) is 3.73. The van der Waals surface area contributed by atoms with Gasteiger partial charge in [-0.05, 0) is 44.0 Å². The van der Waals surface area contributed by atoms with Crippen molar-refractivity contribution in [2.24, 2.45) is 0 Å². The van der Waals surface area contributed by atoms with Crippen molar-refractivity contribution >= 4 is 5.91 Å². The van der Waals surface area contributed by atoms with Gasteiger partial charge in [0.25, 0.3) is 11.5 Å². The van der Waals surface area contributed by atoms with Crippen molar-refractivity contribution in [1.29, 1.82) is 0 Å². The van der Waals surface area contributed by atoms with Crippen molar-refractivity contribution in [3.8, 4) is 11.3 Å². The Hall–Kier alpha value is -3.22. The molecule has 1 atom stereocenters. The first-order valence-corrected chi connectivity index (χ1v) is 8.98. The third-order valence-corrected chi connectivity index (χ3v) is 4.94. The number of hydrogen-bond donors (Lipinski definition) is 1. The van der Waals surface area contributed by atoms with E-state index in [-0.39, 0.29) is 17.5 Å². The first kappa shape index (κ1) is 17.2. The quantitative estimate of drug-likeness (QED) is 0.774. The second-order valence-corrected chi connectivity index (χ2v) is 6.95. The van der Waals surface area contributed by atoms with Crippen LogP contribution in [0.2, 0.25) is 0 Å². The highest BCUT2D eigenvalue weighted by atomic mass is 16.2. The van der Waals surface area contributed by atoms with Gasteiger partial charge in [0.05, 0.1) is 29.8 Å². The number of aromatic nitrogens is 4. The molecule has 3 heterocycles. The molecule has 138 valence electrons. The van der Waals surface area contributed by atoms with Gasteiger partial charge in [0.2, 0.25) is 0 Å². The largest absolute Gasteiger partial charge is 0.336 e. The van der Waals surface area contributed by atoms with Crippen LogP contribution in [0.1, 0.15) is 34.2 Å². The third kappa shape index (κ3) is 3.40. The summed E-state index contributed by atoms with van der Waals surface area (Å²) in [5, 5.41) is 4.55. The van der Waals surface area contributed by atoms with Crippen molar-refractivity contribution < 1.29 is 4.79 Å². The predicted molar refractivity (Wildman–Crippen MR) is 102 cm³/mol. The number of nitrogens with zero attached hydrogens (tertiary/aromatic N) is 4. The molecule has 0 unspecified atom stereocenters. The Bertz CT molecular complexity index is 1040. The maximum absolute atomic E-state index is 12.8. The number of benzene rings is 1. The van der Waals surface area contributed by atoms with Crippen LogP contribution in [0.25, 0.3) is 11.3 Å². The molecule has 0 radical (unpaired) electrons. The summed E-state index contributed by atoms with van der Waals surface area (Å²) in [6.45, 7) is 5.42. The van der Waals surface area contributed by atoms with Gasteiger partial charge >= 0.3 is 0 Å². The van der Waals surface area contributed by atoms with Gasteiger partial charge in [0.15, 0.2) is 0 Å². The van der Waals surface area contributed by atoms with E-state index in [2.05, 4.69) is 21.1 Å². The number of aromatic amines is 1. The van der Waals surface area contributed by atoms with E-state index in [0.717, 1.165) is 29.9 Å². The molecule has 7 nitrogen and oxygen atoms in total. The molecule has 2 aromatic heterocycles. The number of aryl methyl sites for hydroxylation is 2. The summed E-state index contributed by atoms with van der Waals surface area (Å²) in [5.74, 6) is 0.0188. The highest BCUT2D eigenvalue weighted by molar-refractivity contribution is 5.94. The Kier molecular flexibility index (Phi) is 4.35. The summed E-state index contributed by atoms with van der Waals surface area (Å²) >= 11 is 0. The van der Waals surface area contributed by atoms with Crippen LogP contribution in [0.15, 0.2) is 47.5 Å². The van der Waals surface area contributed by atoms with E-state index < -0.39 is 0 Å². The fraction of sp³-hybridized carbons (Fsp3) is 0.300. The fourth-order valence-electron chi connectivity index (χ4n) is 3.64. The normalized spacial score (nSPS) is 16.7. The van der Waals surface area contributed by atoms with Crippen LogP contribution in [0.3, 0.4) is 0 Å². The summed E-state index contributed by atoms with van der Waals surface area (Å²) in [5.41, 5.74) is 3.97. The molecular formula is C20H21N5O2. The lowest BCUT2D eigenvalue weighted by Gasteiger charge is -2.17. The minimum atomic E-state index is -0.250. The molecule has 27 heavy (non-hydrogen) atoms. The lowest BCUT2D eigenvalue weighted by atomic mass is 10.1. The first-order chi connectivity index (χ1) is 13.0. The number of carbonyl (C=O) groups is 1. The van der Waals surface area contributed by atoms with E-state index in [0.29, 0.717) is 17.8 Å². The average Bonchev–Trinajstić information content (AvgIpc) is 3.27. The molecule has 0 saturated carbocycles. The van der Waals surface area contributed by atoms with Crippen molar-refractivity contribution in [2.75, 3.05) is 13.1 Å². The van der Waals surface area contributed by atoms with E-state index in [1.165, 1.54) is 6.20 Å². The Morgan fingerprint density at radius 2 is 1.96 bits per heavy atom. The molecule has 4 rings (SSSR count). The van der Waals surface area contributed by atoms with Gasteiger partial charge in [-0.1, -0.05) is 12.1 Å². The summed E-state index contributed by atoms with van der Waals surface area (Å²) in [6, 6.07) is 9.52. The van der Waals surface area contributed by atoms with Gasteiger partial charge in [-0.2, -0.15) is 5.10 Å². The van der Waals surface area contributed by atoms with Crippen LogP contribution >= 0.6 is 0 Å². The Labute approximate surface area is 156 Å². The fourth-order valence-corrected chi connectivity index (χ4v) is 3.64. The number of likely N-dealkylation sites (tertiary alicyclic amines) is 1. The number of hydrogen-bond acceptors (Lipinski definition) is 4. The van der Waals surface area contributed by atoms with E-state index in [1.807, 2.05) is 35.6 Å². The minimum Gasteiger partial charge on any atom is -0.336 e. The van der Waals surface area contributed by atoms with Crippen molar-refractivity contribution in [2.45, 2.75) is 26.3 Å². The van der Waals surface area contributed by atoms with E-state index in [4.69, 9.17) is 0 Å². The van der Waals surface area contributed by atoms with Crippen LogP contribution in [-0.2, 0) is 0 Å². The minimum absolute atomic E-state index is 0.0188. The summed E-state index contributed by atoms with van der Waals surface area (Å²) in [4.78, 5) is 32.8. The Morgan fingerprint density at radius 3 is 2.63 bits per heavy atom. The molecule has 7 heteroatoms. The van der Waals surface area contributed by atoms with Crippen molar-refractivity contribution in [1.82, 2.24) is 24.6 Å². The molecule has 1 saturated heterocycles. The molecular weight excluding hydrogens is 342 g/mol. The SMILES string of the molecule is Cc1cc(C)n([C@H]2CCN(C(=O)c3ccc(-c4cncc(=O)[nH]4)cc3)C2)n1. The zero-order chi connectivity index (χ0) is 19.0. The van der Waals surface area contributed by atoms with Crippen LogP contribution in [-0.4, -0.2) is 43.6 Å². The zero-order valence-electron chi connectivity index (χ0n) is 15.3. The third-order valence-electron chi connectivity index (χ3n) is 4.94. The molecule has 1 aromatic carbocycles. The Morgan fingerprint density at radius 1 is 1.19 bits per heavy atom. The maximum Gasteiger partial charge on any atom is 0.266 e. The summed E-state index contributed by atoms with van der Waals surface area (Å²) in [7, 11) is 0. The average molecular weight is 363 g/mol. The van der Waals surface area contributed by atoms with E-state index in [1.54, 1.807) is 18.3 Å². The monoisotopic (exact) mass is 363 g/mol. The number of carbonyl (C=O) groups excluding carboxylic acids is 1. The van der Waals surface area contributed by atoms with Gasteiger partial charge in [-0.15, -0.1) is 0 Å². The second-order valence-electron chi connectivity index (χ2n) is 6.95. The molecule has 0 aliphatic carbocycles. The lowest BCUT2D eigenvalue weighted by Crippen LogP contribution is -2.29.